The molecule has 0 bridgehead atoms. The minimum absolute atomic E-state index is 0.170. The summed E-state index contributed by atoms with van der Waals surface area (Å²) in [7, 11) is 0. The lowest BCUT2D eigenvalue weighted by Crippen LogP contribution is -2.42. The highest BCUT2D eigenvalue weighted by atomic mass is 16.6. The van der Waals surface area contributed by atoms with Gasteiger partial charge in [0.2, 0.25) is 0 Å². The Morgan fingerprint density at radius 3 is 2.85 bits per heavy atom. The number of hydrogen-bond acceptors (Lipinski definition) is 3. The molecule has 0 aromatic heterocycles. The Hall–Kier alpha value is -1.59. The van der Waals surface area contributed by atoms with Crippen molar-refractivity contribution in [2.24, 2.45) is 0 Å². The van der Waals surface area contributed by atoms with E-state index in [-0.39, 0.29) is 12.1 Å². The zero-order valence-electron chi connectivity index (χ0n) is 11.5. The summed E-state index contributed by atoms with van der Waals surface area (Å²) < 4.78 is 10.8. The van der Waals surface area contributed by atoms with Crippen LogP contribution in [-0.2, 0) is 4.74 Å². The van der Waals surface area contributed by atoms with E-state index in [1.807, 2.05) is 24.3 Å². The van der Waals surface area contributed by atoms with Crippen molar-refractivity contribution in [3.63, 3.8) is 0 Å². The molecule has 0 N–H and O–H groups in total. The van der Waals surface area contributed by atoms with Gasteiger partial charge in [0.25, 0.3) is 0 Å². The number of ether oxygens (including phenoxy) is 2. The smallest absolute Gasteiger partial charge is 0.410 e. The van der Waals surface area contributed by atoms with Crippen LogP contribution in [0.25, 0.3) is 0 Å². The van der Waals surface area contributed by atoms with Crippen LogP contribution in [0.2, 0.25) is 0 Å². The fraction of sp³-hybridized carbons (Fsp3) is 0.533. The van der Waals surface area contributed by atoms with Crippen LogP contribution in [0.5, 0.6) is 5.75 Å². The molecule has 3 rings (SSSR count). The van der Waals surface area contributed by atoms with Gasteiger partial charge < -0.3 is 14.4 Å². The zero-order valence-corrected chi connectivity index (χ0v) is 11.5. The Labute approximate surface area is 118 Å². The first kappa shape index (κ1) is 13.4. The average Bonchev–Trinajstić information content (AvgIpc) is 3.03. The Balaban J connectivity index is 1.71. The normalized spacial score (nSPS) is 22.8. The summed E-state index contributed by atoms with van der Waals surface area (Å²) in [4.78, 5) is 13.8. The molecule has 0 aliphatic carbocycles. The number of amides is 1. The molecule has 0 spiro atoms. The number of carbonyl (C=O) groups is 1. The maximum Gasteiger partial charge on any atom is 0.415 e. The lowest BCUT2D eigenvalue weighted by atomic mass is 10.0. The quantitative estimate of drug-likeness (QED) is 0.829. The zero-order chi connectivity index (χ0) is 13.8. The first-order valence-corrected chi connectivity index (χ1v) is 7.14. The molecule has 1 radical (unpaired) electrons. The summed E-state index contributed by atoms with van der Waals surface area (Å²) in [5.41, 5.74) is 1.02. The highest BCUT2D eigenvalue weighted by molar-refractivity contribution is 5.71. The van der Waals surface area contributed by atoms with E-state index >= 15 is 0 Å². The topological polar surface area (TPSA) is 52.9 Å². The molecule has 2 heterocycles. The summed E-state index contributed by atoms with van der Waals surface area (Å²) >= 11 is 0. The second kappa shape index (κ2) is 6.24. The van der Waals surface area contributed by atoms with Crippen LogP contribution in [0.15, 0.2) is 24.3 Å². The second-order valence-corrected chi connectivity index (χ2v) is 5.07. The van der Waals surface area contributed by atoms with Crippen LogP contribution in [-0.4, -0.2) is 43.8 Å². The van der Waals surface area contributed by atoms with E-state index in [2.05, 4.69) is 5.32 Å². The molecule has 1 aromatic carbocycles. The van der Waals surface area contributed by atoms with E-state index in [4.69, 9.17) is 9.47 Å². The van der Waals surface area contributed by atoms with E-state index in [9.17, 15) is 4.79 Å². The van der Waals surface area contributed by atoms with Gasteiger partial charge in [-0.05, 0) is 18.9 Å². The van der Waals surface area contributed by atoms with E-state index in [1.165, 1.54) is 0 Å². The molecule has 20 heavy (non-hydrogen) atoms. The monoisotopic (exact) mass is 275 g/mol. The van der Waals surface area contributed by atoms with E-state index in [0.717, 1.165) is 24.9 Å². The third-order valence-corrected chi connectivity index (χ3v) is 3.73. The third-order valence-electron chi connectivity index (χ3n) is 3.73. The van der Waals surface area contributed by atoms with Gasteiger partial charge in [0.15, 0.2) is 0 Å². The largest absolute Gasteiger partial charge is 0.415 e. The van der Waals surface area contributed by atoms with Gasteiger partial charge in [-0.3, -0.25) is 0 Å². The second-order valence-electron chi connectivity index (χ2n) is 5.07. The van der Waals surface area contributed by atoms with E-state index in [1.54, 1.807) is 4.90 Å². The van der Waals surface area contributed by atoms with Crippen molar-refractivity contribution in [2.45, 2.75) is 18.9 Å². The molecular formula is C15H19N2O3. The Kier molecular flexibility index (Phi) is 4.18. The van der Waals surface area contributed by atoms with Crippen LogP contribution in [0.1, 0.15) is 24.4 Å². The standard InChI is InChI=1S/C15H19N2O3/c18-15(17-8-10-19-11-9-17)20-14-6-2-1-4-12(14)13-5-3-7-16-13/h1-2,4,6,13H,3,5,7-11H2/t13-/m0/s1. The van der Waals surface area contributed by atoms with Gasteiger partial charge in [0.1, 0.15) is 5.75 Å². The first-order chi connectivity index (χ1) is 9.84. The van der Waals surface area contributed by atoms with Crippen molar-refractivity contribution in [2.75, 3.05) is 32.8 Å². The number of nitrogens with zero attached hydrogens (tertiary/aromatic N) is 2. The van der Waals surface area contributed by atoms with Crippen LogP contribution in [0.3, 0.4) is 0 Å². The molecule has 2 aliphatic heterocycles. The molecule has 2 fully saturated rings. The summed E-state index contributed by atoms with van der Waals surface area (Å²) in [5.74, 6) is 0.639. The fourth-order valence-corrected chi connectivity index (χ4v) is 2.63. The van der Waals surface area contributed by atoms with Gasteiger partial charge in [-0.15, -0.1) is 0 Å². The minimum atomic E-state index is -0.293. The van der Waals surface area contributed by atoms with Crippen LogP contribution in [0.4, 0.5) is 4.79 Å². The lowest BCUT2D eigenvalue weighted by Gasteiger charge is -2.26. The van der Waals surface area contributed by atoms with Crippen molar-refractivity contribution in [3.05, 3.63) is 29.8 Å². The molecule has 5 heteroatoms. The van der Waals surface area contributed by atoms with E-state index < -0.39 is 0 Å². The number of para-hydroxylation sites is 1. The number of hydrogen-bond donors (Lipinski definition) is 0. The average molecular weight is 275 g/mol. The van der Waals surface area contributed by atoms with Gasteiger partial charge in [-0.1, -0.05) is 18.2 Å². The Morgan fingerprint density at radius 2 is 2.10 bits per heavy atom. The van der Waals surface area contributed by atoms with Crippen LogP contribution in [0, 0.1) is 0 Å². The Bertz CT molecular complexity index is 466. The third kappa shape index (κ3) is 2.94. The minimum Gasteiger partial charge on any atom is -0.410 e. The number of benzene rings is 1. The molecule has 1 atom stereocenters. The molecule has 0 unspecified atom stereocenters. The molecule has 5 nitrogen and oxygen atoms in total. The molecular weight excluding hydrogens is 256 g/mol. The van der Waals surface area contributed by atoms with Crippen molar-refractivity contribution in [1.29, 1.82) is 0 Å². The van der Waals surface area contributed by atoms with Crippen molar-refractivity contribution in [3.8, 4) is 5.75 Å². The number of morpholine rings is 1. The van der Waals surface area contributed by atoms with Gasteiger partial charge in [-0.25, -0.2) is 10.1 Å². The number of rotatable bonds is 2. The summed E-state index contributed by atoms with van der Waals surface area (Å²) in [5, 5.41) is 4.56. The van der Waals surface area contributed by atoms with E-state index in [0.29, 0.717) is 32.1 Å². The summed E-state index contributed by atoms with van der Waals surface area (Å²) in [6.07, 6.45) is 1.85. The first-order valence-electron chi connectivity index (χ1n) is 7.14. The van der Waals surface area contributed by atoms with Crippen molar-refractivity contribution < 1.29 is 14.3 Å². The fourth-order valence-electron chi connectivity index (χ4n) is 2.63. The number of carbonyl (C=O) groups excluding carboxylic acids is 1. The molecule has 1 aromatic rings. The van der Waals surface area contributed by atoms with Crippen LogP contribution < -0.4 is 10.1 Å². The highest BCUT2D eigenvalue weighted by Gasteiger charge is 2.24. The molecule has 1 amide bonds. The summed E-state index contributed by atoms with van der Waals surface area (Å²) in [6.45, 7) is 3.24. The molecule has 107 valence electrons. The predicted molar refractivity (Wildman–Crippen MR) is 73.8 cm³/mol. The SMILES string of the molecule is O=C(Oc1ccccc1[C@@H]1CCC[N]1)N1CCOCC1. The predicted octanol–water partition coefficient (Wildman–Crippen LogP) is 1.96. The summed E-state index contributed by atoms with van der Waals surface area (Å²) in [6, 6.07) is 7.88. The Morgan fingerprint density at radius 1 is 1.30 bits per heavy atom. The molecule has 2 saturated heterocycles. The lowest BCUT2D eigenvalue weighted by molar-refractivity contribution is 0.0414. The van der Waals surface area contributed by atoms with Gasteiger partial charge in [0, 0.05) is 25.2 Å². The van der Waals surface area contributed by atoms with Gasteiger partial charge in [0.05, 0.1) is 19.3 Å². The van der Waals surface area contributed by atoms with Crippen molar-refractivity contribution in [1.82, 2.24) is 10.2 Å². The van der Waals surface area contributed by atoms with Crippen molar-refractivity contribution >= 4 is 6.09 Å². The van der Waals surface area contributed by atoms with Gasteiger partial charge in [-0.2, -0.15) is 0 Å². The highest BCUT2D eigenvalue weighted by Crippen LogP contribution is 2.32. The van der Waals surface area contributed by atoms with Gasteiger partial charge >= 0.3 is 6.09 Å². The maximum atomic E-state index is 12.2. The molecule has 0 saturated carbocycles. The maximum absolute atomic E-state index is 12.2. The van der Waals surface area contributed by atoms with Crippen LogP contribution >= 0.6 is 0 Å². The molecule has 2 aliphatic rings.